The van der Waals surface area contributed by atoms with E-state index in [0.29, 0.717) is 0 Å². The van der Waals surface area contributed by atoms with Gasteiger partial charge in [-0.2, -0.15) is 0 Å². The Bertz CT molecular complexity index is 152. The van der Waals surface area contributed by atoms with Gasteiger partial charge in [-0.05, 0) is 33.6 Å². The zero-order valence-electron chi connectivity index (χ0n) is 9.32. The van der Waals surface area contributed by atoms with Crippen LogP contribution in [0.1, 0.15) is 52.9 Å². The quantitative estimate of drug-likeness (QED) is 0.689. The van der Waals surface area contributed by atoms with E-state index >= 15 is 0 Å². The number of nitrogens with two attached hydrogens (primary N) is 1. The Balaban J connectivity index is 2.57. The van der Waals surface area contributed by atoms with Gasteiger partial charge >= 0.3 is 0 Å². The molecule has 78 valence electrons. The van der Waals surface area contributed by atoms with Gasteiger partial charge in [-0.25, -0.2) is 0 Å². The van der Waals surface area contributed by atoms with E-state index in [0.717, 1.165) is 6.54 Å². The van der Waals surface area contributed by atoms with E-state index < -0.39 is 0 Å². The second-order valence-electron chi connectivity index (χ2n) is 5.42. The molecule has 0 radical (unpaired) electrons. The highest BCUT2D eigenvalue weighted by atomic mass is 15.1. The predicted octanol–water partition coefficient (Wildman–Crippen LogP) is 2.04. The largest absolute Gasteiger partial charge is 0.329 e. The molecule has 0 spiro atoms. The highest BCUT2D eigenvalue weighted by molar-refractivity contribution is 4.95. The second kappa shape index (κ2) is 3.97. The third-order valence-electron chi connectivity index (χ3n) is 2.84. The smallest absolute Gasteiger partial charge is 0.0308 e. The number of rotatable bonds is 2. The molecule has 2 heteroatoms. The standard InChI is InChI=1S/C11H24N2/c1-10(2,3)13-11(9-12)7-5-4-6-8-11/h13H,4-9,12H2,1-3H3. The van der Waals surface area contributed by atoms with Gasteiger partial charge in [0.05, 0.1) is 0 Å². The lowest BCUT2D eigenvalue weighted by molar-refractivity contribution is 0.186. The van der Waals surface area contributed by atoms with E-state index in [9.17, 15) is 0 Å². The van der Waals surface area contributed by atoms with E-state index in [1.54, 1.807) is 0 Å². The lowest BCUT2D eigenvalue weighted by Gasteiger charge is -2.42. The minimum absolute atomic E-state index is 0.191. The van der Waals surface area contributed by atoms with Gasteiger partial charge < -0.3 is 11.1 Å². The van der Waals surface area contributed by atoms with Crippen LogP contribution in [0, 0.1) is 0 Å². The first-order chi connectivity index (χ1) is 5.97. The Morgan fingerprint density at radius 2 is 1.69 bits per heavy atom. The average Bonchev–Trinajstić information content (AvgIpc) is 2.03. The molecule has 1 saturated carbocycles. The fourth-order valence-corrected chi connectivity index (χ4v) is 2.40. The molecule has 1 aliphatic rings. The summed E-state index contributed by atoms with van der Waals surface area (Å²) < 4.78 is 0. The SMILES string of the molecule is CC(C)(C)NC1(CN)CCCCC1. The molecule has 3 N–H and O–H groups in total. The summed E-state index contributed by atoms with van der Waals surface area (Å²) in [5.74, 6) is 0. The molecule has 0 amide bonds. The maximum absolute atomic E-state index is 5.88. The third kappa shape index (κ3) is 3.28. The molecule has 0 aromatic rings. The van der Waals surface area contributed by atoms with Crippen LogP contribution in [0.25, 0.3) is 0 Å². The highest BCUT2D eigenvalue weighted by Crippen LogP contribution is 2.29. The van der Waals surface area contributed by atoms with Crippen LogP contribution in [0.5, 0.6) is 0 Å². The molecular weight excluding hydrogens is 160 g/mol. The molecule has 13 heavy (non-hydrogen) atoms. The van der Waals surface area contributed by atoms with Gasteiger partial charge in [0.2, 0.25) is 0 Å². The van der Waals surface area contributed by atoms with Crippen LogP contribution < -0.4 is 11.1 Å². The van der Waals surface area contributed by atoms with Gasteiger partial charge in [0.15, 0.2) is 0 Å². The van der Waals surface area contributed by atoms with E-state index in [1.807, 2.05) is 0 Å². The molecule has 1 rings (SSSR count). The van der Waals surface area contributed by atoms with Crippen molar-refractivity contribution in [3.05, 3.63) is 0 Å². The molecule has 1 aliphatic carbocycles. The fraction of sp³-hybridized carbons (Fsp3) is 1.00. The molecule has 0 aliphatic heterocycles. The Hall–Kier alpha value is -0.0800. The van der Waals surface area contributed by atoms with Gasteiger partial charge in [-0.15, -0.1) is 0 Å². The minimum atomic E-state index is 0.191. The molecular formula is C11H24N2. The molecule has 0 aromatic carbocycles. The van der Waals surface area contributed by atoms with Gasteiger partial charge in [-0.1, -0.05) is 19.3 Å². The predicted molar refractivity (Wildman–Crippen MR) is 57.8 cm³/mol. The topological polar surface area (TPSA) is 38.0 Å². The lowest BCUT2D eigenvalue weighted by atomic mass is 9.80. The van der Waals surface area contributed by atoms with Crippen molar-refractivity contribution in [2.75, 3.05) is 6.54 Å². The first-order valence-corrected chi connectivity index (χ1v) is 5.47. The number of hydrogen-bond acceptors (Lipinski definition) is 2. The zero-order chi connectivity index (χ0) is 9.95. The van der Waals surface area contributed by atoms with Gasteiger partial charge in [0, 0.05) is 17.6 Å². The summed E-state index contributed by atoms with van der Waals surface area (Å²) in [6, 6.07) is 0. The summed E-state index contributed by atoms with van der Waals surface area (Å²) in [4.78, 5) is 0. The monoisotopic (exact) mass is 184 g/mol. The zero-order valence-corrected chi connectivity index (χ0v) is 9.32. The van der Waals surface area contributed by atoms with E-state index in [1.165, 1.54) is 32.1 Å². The van der Waals surface area contributed by atoms with Crippen molar-refractivity contribution in [2.45, 2.75) is 64.0 Å². The van der Waals surface area contributed by atoms with Crippen LogP contribution in [0.15, 0.2) is 0 Å². The molecule has 0 bridgehead atoms. The normalized spacial score (nSPS) is 23.1. The Labute approximate surface area is 82.3 Å². The van der Waals surface area contributed by atoms with Crippen molar-refractivity contribution < 1.29 is 0 Å². The molecule has 2 nitrogen and oxygen atoms in total. The molecule has 0 aromatic heterocycles. The molecule has 0 unspecified atom stereocenters. The molecule has 1 fully saturated rings. The van der Waals surface area contributed by atoms with Gasteiger partial charge in [-0.3, -0.25) is 0 Å². The second-order valence-corrected chi connectivity index (χ2v) is 5.42. The Morgan fingerprint density at radius 3 is 2.08 bits per heavy atom. The Morgan fingerprint density at radius 1 is 1.15 bits per heavy atom. The van der Waals surface area contributed by atoms with Gasteiger partial charge in [0.25, 0.3) is 0 Å². The molecule has 0 saturated heterocycles. The van der Waals surface area contributed by atoms with E-state index in [-0.39, 0.29) is 11.1 Å². The molecule has 0 heterocycles. The summed E-state index contributed by atoms with van der Waals surface area (Å²) in [6.45, 7) is 7.45. The van der Waals surface area contributed by atoms with Crippen molar-refractivity contribution in [3.63, 3.8) is 0 Å². The lowest BCUT2D eigenvalue weighted by Crippen LogP contribution is -2.58. The van der Waals surface area contributed by atoms with Crippen LogP contribution in [-0.2, 0) is 0 Å². The van der Waals surface area contributed by atoms with Crippen molar-refractivity contribution in [1.29, 1.82) is 0 Å². The van der Waals surface area contributed by atoms with E-state index in [4.69, 9.17) is 5.73 Å². The summed E-state index contributed by atoms with van der Waals surface area (Å²) in [7, 11) is 0. The van der Waals surface area contributed by atoms with Crippen molar-refractivity contribution >= 4 is 0 Å². The highest BCUT2D eigenvalue weighted by Gasteiger charge is 2.33. The van der Waals surface area contributed by atoms with Crippen molar-refractivity contribution in [3.8, 4) is 0 Å². The van der Waals surface area contributed by atoms with Crippen LogP contribution in [0.4, 0.5) is 0 Å². The van der Waals surface area contributed by atoms with Crippen molar-refractivity contribution in [2.24, 2.45) is 5.73 Å². The summed E-state index contributed by atoms with van der Waals surface area (Å²) in [5, 5.41) is 3.70. The van der Waals surface area contributed by atoms with Crippen LogP contribution in [0.3, 0.4) is 0 Å². The number of nitrogens with one attached hydrogen (secondary N) is 1. The van der Waals surface area contributed by atoms with Gasteiger partial charge in [0.1, 0.15) is 0 Å². The first-order valence-electron chi connectivity index (χ1n) is 5.47. The summed E-state index contributed by atoms with van der Waals surface area (Å²) in [6.07, 6.45) is 6.55. The maximum atomic E-state index is 5.88. The maximum Gasteiger partial charge on any atom is 0.0308 e. The number of hydrogen-bond donors (Lipinski definition) is 2. The third-order valence-corrected chi connectivity index (χ3v) is 2.84. The minimum Gasteiger partial charge on any atom is -0.329 e. The summed E-state index contributed by atoms with van der Waals surface area (Å²) >= 11 is 0. The van der Waals surface area contributed by atoms with Crippen LogP contribution >= 0.6 is 0 Å². The van der Waals surface area contributed by atoms with Crippen LogP contribution in [0.2, 0.25) is 0 Å². The average molecular weight is 184 g/mol. The van der Waals surface area contributed by atoms with Crippen molar-refractivity contribution in [1.82, 2.24) is 5.32 Å². The first kappa shape index (κ1) is 11.0. The van der Waals surface area contributed by atoms with E-state index in [2.05, 4.69) is 26.1 Å². The molecule has 0 atom stereocenters. The summed E-state index contributed by atoms with van der Waals surface area (Å²) in [5.41, 5.74) is 6.31. The fourth-order valence-electron chi connectivity index (χ4n) is 2.40. The van der Waals surface area contributed by atoms with Crippen LogP contribution in [-0.4, -0.2) is 17.6 Å². The Kier molecular flexibility index (Phi) is 3.36.